The number of carbonyl (C=O) groups is 1. The molecule has 1 aliphatic heterocycles. The summed E-state index contributed by atoms with van der Waals surface area (Å²) in [5, 5.41) is 0. The van der Waals surface area contributed by atoms with Gasteiger partial charge < -0.3 is 4.90 Å². The zero-order valence-electron chi connectivity index (χ0n) is 16.9. The number of hydrogen-bond donors (Lipinski definition) is 0. The normalized spacial score (nSPS) is 15.7. The molecular formula is C25H23N3O. The first kappa shape index (κ1) is 17.7. The van der Waals surface area contributed by atoms with Crippen molar-refractivity contribution in [2.45, 2.75) is 33.2 Å². The molecule has 3 heterocycles. The Morgan fingerprint density at radius 3 is 2.48 bits per heavy atom. The smallest absolute Gasteiger partial charge is 0.277 e. The number of benzene rings is 2. The molecule has 4 heteroatoms. The molecule has 0 spiro atoms. The molecule has 1 atom stereocenters. The largest absolute Gasteiger partial charge is 0.304 e. The zero-order valence-corrected chi connectivity index (χ0v) is 16.9. The fourth-order valence-corrected chi connectivity index (χ4v) is 4.26. The predicted molar refractivity (Wildman–Crippen MR) is 117 cm³/mol. The van der Waals surface area contributed by atoms with E-state index >= 15 is 0 Å². The van der Waals surface area contributed by atoms with Gasteiger partial charge in [0.1, 0.15) is 17.0 Å². The van der Waals surface area contributed by atoms with Crippen LogP contribution in [0.3, 0.4) is 0 Å². The summed E-state index contributed by atoms with van der Waals surface area (Å²) in [7, 11) is 0. The van der Waals surface area contributed by atoms with E-state index in [1.165, 1.54) is 11.1 Å². The van der Waals surface area contributed by atoms with Gasteiger partial charge >= 0.3 is 0 Å². The van der Waals surface area contributed by atoms with E-state index in [0.29, 0.717) is 5.69 Å². The number of pyridine rings is 1. The monoisotopic (exact) mass is 381 g/mol. The molecule has 0 saturated carbocycles. The van der Waals surface area contributed by atoms with Crippen LogP contribution in [0.2, 0.25) is 0 Å². The Kier molecular flexibility index (Phi) is 4.02. The van der Waals surface area contributed by atoms with E-state index in [-0.39, 0.29) is 11.9 Å². The molecule has 4 nitrogen and oxygen atoms in total. The zero-order chi connectivity index (χ0) is 20.1. The van der Waals surface area contributed by atoms with E-state index in [2.05, 4.69) is 32.0 Å². The Morgan fingerprint density at radius 1 is 0.966 bits per heavy atom. The Balaban J connectivity index is 1.73. The van der Waals surface area contributed by atoms with Crippen LogP contribution in [0.5, 0.6) is 0 Å². The van der Waals surface area contributed by atoms with Gasteiger partial charge in [-0.2, -0.15) is 0 Å². The summed E-state index contributed by atoms with van der Waals surface area (Å²) in [6, 6.07) is 20.5. The topological polar surface area (TPSA) is 37.6 Å². The number of aryl methyl sites for hydroxylation is 2. The van der Waals surface area contributed by atoms with E-state index in [1.54, 1.807) is 0 Å². The first-order valence-electron chi connectivity index (χ1n) is 10.00. The number of fused-ring (bicyclic) bond motifs is 2. The minimum absolute atomic E-state index is 0.00359. The van der Waals surface area contributed by atoms with Crippen molar-refractivity contribution in [3.05, 3.63) is 89.2 Å². The summed E-state index contributed by atoms with van der Waals surface area (Å²) in [5.74, 6) is -0.00359. The van der Waals surface area contributed by atoms with Crippen molar-refractivity contribution in [1.82, 2.24) is 9.38 Å². The highest BCUT2D eigenvalue weighted by molar-refractivity contribution is 6.10. The summed E-state index contributed by atoms with van der Waals surface area (Å²) in [6.45, 7) is 6.21. The SMILES string of the molecule is Cc1ccc(-c2nc3ccc(C)cn3c2C(=O)N2c3ccccc3CC2C)cc1. The Labute approximate surface area is 170 Å². The number of nitrogens with zero attached hydrogens (tertiary/aromatic N) is 3. The molecular weight excluding hydrogens is 358 g/mol. The number of anilines is 1. The Bertz CT molecular complexity index is 1240. The quantitative estimate of drug-likeness (QED) is 0.478. The molecule has 1 aliphatic rings. The number of imidazole rings is 1. The average Bonchev–Trinajstić information content (AvgIpc) is 3.24. The molecule has 0 radical (unpaired) electrons. The van der Waals surface area contributed by atoms with Gasteiger partial charge in [-0.05, 0) is 50.5 Å². The second-order valence-electron chi connectivity index (χ2n) is 7.97. The maximum atomic E-state index is 13.9. The number of para-hydroxylation sites is 1. The highest BCUT2D eigenvalue weighted by Gasteiger charge is 2.34. The molecule has 29 heavy (non-hydrogen) atoms. The minimum Gasteiger partial charge on any atom is -0.304 e. The number of amides is 1. The van der Waals surface area contributed by atoms with Gasteiger partial charge in [0.2, 0.25) is 0 Å². The average molecular weight is 381 g/mol. The maximum Gasteiger partial charge on any atom is 0.277 e. The van der Waals surface area contributed by atoms with Crippen molar-refractivity contribution in [3.63, 3.8) is 0 Å². The summed E-state index contributed by atoms with van der Waals surface area (Å²) in [4.78, 5) is 20.7. The molecule has 0 bridgehead atoms. The molecule has 1 amide bonds. The number of aromatic nitrogens is 2. The molecule has 0 saturated heterocycles. The van der Waals surface area contributed by atoms with Gasteiger partial charge in [0.15, 0.2) is 0 Å². The second-order valence-corrected chi connectivity index (χ2v) is 7.97. The van der Waals surface area contributed by atoms with Crippen LogP contribution in [0, 0.1) is 13.8 Å². The molecule has 5 rings (SSSR count). The molecule has 0 aliphatic carbocycles. The first-order chi connectivity index (χ1) is 14.0. The van der Waals surface area contributed by atoms with Gasteiger partial charge in [0.25, 0.3) is 5.91 Å². The molecule has 4 aromatic rings. The van der Waals surface area contributed by atoms with Crippen LogP contribution in [-0.2, 0) is 6.42 Å². The molecule has 1 unspecified atom stereocenters. The summed E-state index contributed by atoms with van der Waals surface area (Å²) in [6.07, 6.45) is 2.87. The standard InChI is InChI=1S/C25H23N3O/c1-16-8-11-19(12-9-16)23-24(27-15-17(2)10-13-22(27)26-23)25(29)28-18(3)14-20-6-4-5-7-21(20)28/h4-13,15,18H,14H2,1-3H3. The fraction of sp³-hybridized carbons (Fsp3) is 0.200. The molecule has 0 fully saturated rings. The van der Waals surface area contributed by atoms with Crippen LogP contribution in [0.4, 0.5) is 5.69 Å². The van der Waals surface area contributed by atoms with Crippen LogP contribution >= 0.6 is 0 Å². The van der Waals surface area contributed by atoms with Crippen molar-refractivity contribution >= 4 is 17.2 Å². The molecule has 0 N–H and O–H groups in total. The summed E-state index contributed by atoms with van der Waals surface area (Å²) < 4.78 is 1.94. The van der Waals surface area contributed by atoms with E-state index in [4.69, 9.17) is 4.98 Å². The molecule has 2 aromatic carbocycles. The third kappa shape index (κ3) is 2.83. The first-order valence-corrected chi connectivity index (χ1v) is 10.00. The van der Waals surface area contributed by atoms with Crippen molar-refractivity contribution in [2.75, 3.05) is 4.90 Å². The van der Waals surface area contributed by atoms with Crippen LogP contribution in [-0.4, -0.2) is 21.3 Å². The third-order valence-corrected chi connectivity index (χ3v) is 5.72. The lowest BCUT2D eigenvalue weighted by Gasteiger charge is -2.23. The van der Waals surface area contributed by atoms with E-state index in [9.17, 15) is 4.79 Å². The van der Waals surface area contributed by atoms with Crippen molar-refractivity contribution in [1.29, 1.82) is 0 Å². The lowest BCUT2D eigenvalue weighted by Crippen LogP contribution is -2.36. The van der Waals surface area contributed by atoms with Gasteiger partial charge in [-0.3, -0.25) is 9.20 Å². The van der Waals surface area contributed by atoms with E-state index in [1.807, 2.05) is 64.9 Å². The van der Waals surface area contributed by atoms with E-state index in [0.717, 1.165) is 34.6 Å². The molecule has 2 aromatic heterocycles. The third-order valence-electron chi connectivity index (χ3n) is 5.72. The fourth-order valence-electron chi connectivity index (χ4n) is 4.26. The predicted octanol–water partition coefficient (Wildman–Crippen LogP) is 5.21. The molecule has 144 valence electrons. The number of carbonyl (C=O) groups excluding carboxylic acids is 1. The Morgan fingerprint density at radius 2 is 1.69 bits per heavy atom. The van der Waals surface area contributed by atoms with Crippen molar-refractivity contribution in [2.24, 2.45) is 0 Å². The van der Waals surface area contributed by atoms with Gasteiger partial charge in [-0.15, -0.1) is 0 Å². The summed E-state index contributed by atoms with van der Waals surface area (Å²) in [5.41, 5.74) is 7.60. The van der Waals surface area contributed by atoms with Gasteiger partial charge in [-0.1, -0.05) is 54.1 Å². The maximum absolute atomic E-state index is 13.9. The van der Waals surface area contributed by atoms with Gasteiger partial charge in [-0.25, -0.2) is 4.98 Å². The van der Waals surface area contributed by atoms with E-state index < -0.39 is 0 Å². The second kappa shape index (κ2) is 6.59. The van der Waals surface area contributed by atoms with Crippen LogP contribution < -0.4 is 4.90 Å². The number of rotatable bonds is 2. The Hall–Kier alpha value is -3.40. The van der Waals surface area contributed by atoms with Crippen LogP contribution in [0.1, 0.15) is 34.1 Å². The van der Waals surface area contributed by atoms with Gasteiger partial charge in [0.05, 0.1) is 0 Å². The lowest BCUT2D eigenvalue weighted by molar-refractivity contribution is 0.0976. The van der Waals surface area contributed by atoms with Crippen molar-refractivity contribution in [3.8, 4) is 11.3 Å². The minimum atomic E-state index is -0.00359. The van der Waals surface area contributed by atoms with Crippen LogP contribution in [0.15, 0.2) is 66.9 Å². The van der Waals surface area contributed by atoms with Crippen molar-refractivity contribution < 1.29 is 4.79 Å². The highest BCUT2D eigenvalue weighted by atomic mass is 16.2. The highest BCUT2D eigenvalue weighted by Crippen LogP contribution is 2.35. The number of hydrogen-bond acceptors (Lipinski definition) is 2. The lowest BCUT2D eigenvalue weighted by atomic mass is 10.1. The summed E-state index contributed by atoms with van der Waals surface area (Å²) >= 11 is 0. The van der Waals surface area contributed by atoms with Gasteiger partial charge in [0, 0.05) is 23.5 Å². The van der Waals surface area contributed by atoms with Crippen LogP contribution in [0.25, 0.3) is 16.9 Å².